The average molecular weight is 328 g/mol. The minimum Gasteiger partial charge on any atom is -0.387 e. The van der Waals surface area contributed by atoms with E-state index in [0.717, 1.165) is 57.0 Å². The van der Waals surface area contributed by atoms with Gasteiger partial charge in [-0.2, -0.15) is 0 Å². The number of hydrogen-bond acceptors (Lipinski definition) is 4. The topological polar surface area (TPSA) is 44.5 Å². The predicted molar refractivity (Wildman–Crippen MR) is 95.8 cm³/mol. The highest BCUT2D eigenvalue weighted by molar-refractivity contribution is 5.75. The standard InChI is InChI=1S/C19H28N4O/c1-21-17-8-4-3-7-16(17)20-18(21)13-23-12-9-19(24,15-23)14-22-10-5-2-6-11-22/h3-4,7-8,24H,2,5-6,9-15H2,1H3. The second kappa shape index (κ2) is 6.47. The molecule has 0 spiro atoms. The Kier molecular flexibility index (Phi) is 4.33. The molecule has 1 unspecified atom stereocenters. The minimum absolute atomic E-state index is 0.554. The molecule has 3 heterocycles. The number of aryl methyl sites for hydroxylation is 1. The maximum absolute atomic E-state index is 11.0. The van der Waals surface area contributed by atoms with Gasteiger partial charge in [-0.3, -0.25) is 4.90 Å². The van der Waals surface area contributed by atoms with Crippen LogP contribution in [0.4, 0.5) is 0 Å². The zero-order valence-corrected chi connectivity index (χ0v) is 14.6. The first-order valence-electron chi connectivity index (χ1n) is 9.20. The summed E-state index contributed by atoms with van der Waals surface area (Å²) >= 11 is 0. The first kappa shape index (κ1) is 16.1. The molecule has 24 heavy (non-hydrogen) atoms. The normalized spacial score (nSPS) is 26.4. The van der Waals surface area contributed by atoms with Gasteiger partial charge in [0.05, 0.1) is 23.2 Å². The van der Waals surface area contributed by atoms with Crippen molar-refractivity contribution in [1.29, 1.82) is 0 Å². The third kappa shape index (κ3) is 3.21. The van der Waals surface area contributed by atoms with Gasteiger partial charge in [-0.05, 0) is 44.5 Å². The molecule has 5 heteroatoms. The van der Waals surface area contributed by atoms with Crippen LogP contribution in [0.25, 0.3) is 11.0 Å². The molecule has 0 amide bonds. The summed E-state index contributed by atoms with van der Waals surface area (Å²) in [5.74, 6) is 1.08. The van der Waals surface area contributed by atoms with E-state index in [1.54, 1.807) is 0 Å². The lowest BCUT2D eigenvalue weighted by atomic mass is 10.0. The Balaban J connectivity index is 1.41. The maximum atomic E-state index is 11.0. The van der Waals surface area contributed by atoms with E-state index in [1.807, 2.05) is 6.07 Å². The molecule has 2 aliphatic rings. The lowest BCUT2D eigenvalue weighted by Crippen LogP contribution is -2.46. The molecule has 0 aliphatic carbocycles. The number of fused-ring (bicyclic) bond motifs is 1. The first-order valence-corrected chi connectivity index (χ1v) is 9.20. The van der Waals surface area contributed by atoms with E-state index in [-0.39, 0.29) is 0 Å². The number of nitrogens with zero attached hydrogens (tertiary/aromatic N) is 4. The van der Waals surface area contributed by atoms with Gasteiger partial charge >= 0.3 is 0 Å². The Hall–Kier alpha value is -1.43. The van der Waals surface area contributed by atoms with E-state index >= 15 is 0 Å². The SMILES string of the molecule is Cn1c(CN2CCC(O)(CN3CCCCC3)C2)nc2ccccc21. The van der Waals surface area contributed by atoms with Crippen LogP contribution in [0.15, 0.2) is 24.3 Å². The lowest BCUT2D eigenvalue weighted by molar-refractivity contribution is 0.00615. The van der Waals surface area contributed by atoms with Gasteiger partial charge in [0.15, 0.2) is 0 Å². The number of piperidine rings is 1. The first-order chi connectivity index (χ1) is 11.6. The van der Waals surface area contributed by atoms with Crippen LogP contribution in [0.1, 0.15) is 31.5 Å². The molecule has 2 aromatic rings. The second-order valence-corrected chi connectivity index (χ2v) is 7.60. The quantitative estimate of drug-likeness (QED) is 0.932. The molecule has 1 N–H and O–H groups in total. The molecule has 0 bridgehead atoms. The van der Waals surface area contributed by atoms with Crippen LogP contribution < -0.4 is 0 Å². The van der Waals surface area contributed by atoms with E-state index in [9.17, 15) is 5.11 Å². The summed E-state index contributed by atoms with van der Waals surface area (Å²) in [4.78, 5) is 9.57. The number of aliphatic hydroxyl groups is 1. The second-order valence-electron chi connectivity index (χ2n) is 7.60. The van der Waals surface area contributed by atoms with Gasteiger partial charge in [-0.1, -0.05) is 18.6 Å². The molecule has 4 rings (SSSR count). The predicted octanol–water partition coefficient (Wildman–Crippen LogP) is 2.00. The summed E-state index contributed by atoms with van der Waals surface area (Å²) in [5, 5.41) is 11.0. The zero-order chi connectivity index (χ0) is 16.6. The molecular formula is C19H28N4O. The highest BCUT2D eigenvalue weighted by Gasteiger charge is 2.38. The van der Waals surface area contributed by atoms with Crippen LogP contribution in [0.3, 0.4) is 0 Å². The molecule has 0 saturated carbocycles. The molecule has 1 atom stereocenters. The van der Waals surface area contributed by atoms with Crippen LogP contribution >= 0.6 is 0 Å². The summed E-state index contributed by atoms with van der Waals surface area (Å²) < 4.78 is 2.18. The number of aromatic nitrogens is 2. The van der Waals surface area contributed by atoms with E-state index < -0.39 is 5.60 Å². The largest absolute Gasteiger partial charge is 0.387 e. The fourth-order valence-electron chi connectivity index (χ4n) is 4.28. The molecule has 0 radical (unpaired) electrons. The third-order valence-electron chi connectivity index (χ3n) is 5.62. The lowest BCUT2D eigenvalue weighted by Gasteiger charge is -2.33. The smallest absolute Gasteiger partial charge is 0.123 e. The highest BCUT2D eigenvalue weighted by atomic mass is 16.3. The maximum Gasteiger partial charge on any atom is 0.123 e. The highest BCUT2D eigenvalue weighted by Crippen LogP contribution is 2.26. The summed E-state index contributed by atoms with van der Waals surface area (Å²) in [6.45, 7) is 5.64. The van der Waals surface area contributed by atoms with Crippen LogP contribution in [0.2, 0.25) is 0 Å². The monoisotopic (exact) mass is 328 g/mol. The Labute approximate surface area is 143 Å². The third-order valence-corrected chi connectivity index (χ3v) is 5.62. The van der Waals surface area contributed by atoms with Crippen LogP contribution in [0.5, 0.6) is 0 Å². The van der Waals surface area contributed by atoms with Crippen molar-refractivity contribution in [1.82, 2.24) is 19.4 Å². The van der Waals surface area contributed by atoms with Gasteiger partial charge < -0.3 is 14.6 Å². The zero-order valence-electron chi connectivity index (χ0n) is 14.6. The number of benzene rings is 1. The van der Waals surface area contributed by atoms with Crippen molar-refractivity contribution < 1.29 is 5.11 Å². The summed E-state index contributed by atoms with van der Waals surface area (Å²) in [6, 6.07) is 8.27. The number of β-amino-alcohol motifs (C(OH)–C–C–N with tert-alkyl or cyclic N) is 1. The number of imidazole rings is 1. The Bertz CT molecular complexity index is 706. The van der Waals surface area contributed by atoms with Gasteiger partial charge in [-0.15, -0.1) is 0 Å². The molecule has 2 aliphatic heterocycles. The molecular weight excluding hydrogens is 300 g/mol. The molecule has 1 aromatic heterocycles. The number of likely N-dealkylation sites (tertiary alicyclic amines) is 2. The van der Waals surface area contributed by atoms with Gasteiger partial charge in [0.25, 0.3) is 0 Å². The summed E-state index contributed by atoms with van der Waals surface area (Å²) in [7, 11) is 2.08. The van der Waals surface area contributed by atoms with Crippen LogP contribution in [0, 0.1) is 0 Å². The van der Waals surface area contributed by atoms with Gasteiger partial charge in [0.2, 0.25) is 0 Å². The fourth-order valence-corrected chi connectivity index (χ4v) is 4.28. The van der Waals surface area contributed by atoms with Crippen molar-refractivity contribution in [3.8, 4) is 0 Å². The Morgan fingerprint density at radius 3 is 2.67 bits per heavy atom. The molecule has 2 fully saturated rings. The van der Waals surface area contributed by atoms with E-state index in [4.69, 9.17) is 4.98 Å². The summed E-state index contributed by atoms with van der Waals surface area (Å²) in [5.41, 5.74) is 1.68. The molecule has 1 aromatic carbocycles. The van der Waals surface area contributed by atoms with Gasteiger partial charge in [0, 0.05) is 26.7 Å². The van der Waals surface area contributed by atoms with Crippen molar-refractivity contribution in [2.75, 3.05) is 32.7 Å². The minimum atomic E-state index is -0.554. The number of rotatable bonds is 4. The van der Waals surface area contributed by atoms with Crippen molar-refractivity contribution in [2.45, 2.75) is 37.8 Å². The fraction of sp³-hybridized carbons (Fsp3) is 0.632. The Morgan fingerprint density at radius 2 is 1.88 bits per heavy atom. The van der Waals surface area contributed by atoms with E-state index in [1.165, 1.54) is 24.8 Å². The Morgan fingerprint density at radius 1 is 1.08 bits per heavy atom. The summed E-state index contributed by atoms with van der Waals surface area (Å²) in [6.07, 6.45) is 4.76. The van der Waals surface area contributed by atoms with Crippen molar-refractivity contribution in [3.63, 3.8) is 0 Å². The van der Waals surface area contributed by atoms with Gasteiger partial charge in [0.1, 0.15) is 5.82 Å². The van der Waals surface area contributed by atoms with Crippen molar-refractivity contribution in [3.05, 3.63) is 30.1 Å². The average Bonchev–Trinajstić information content (AvgIpc) is 3.10. The van der Waals surface area contributed by atoms with Crippen LogP contribution in [-0.2, 0) is 13.6 Å². The van der Waals surface area contributed by atoms with Gasteiger partial charge in [-0.25, -0.2) is 4.98 Å². The number of hydrogen-bond donors (Lipinski definition) is 1. The molecule has 130 valence electrons. The molecule has 5 nitrogen and oxygen atoms in total. The number of para-hydroxylation sites is 2. The van der Waals surface area contributed by atoms with Crippen molar-refractivity contribution in [2.24, 2.45) is 7.05 Å². The van der Waals surface area contributed by atoms with Crippen LogP contribution in [-0.4, -0.2) is 62.8 Å². The van der Waals surface area contributed by atoms with Crippen molar-refractivity contribution >= 4 is 11.0 Å². The van der Waals surface area contributed by atoms with E-state index in [0.29, 0.717) is 0 Å². The van der Waals surface area contributed by atoms with E-state index in [2.05, 4.69) is 39.6 Å². The molecule has 2 saturated heterocycles.